The van der Waals surface area contributed by atoms with Crippen LogP contribution in [0.25, 0.3) is 0 Å². The molecule has 1 unspecified atom stereocenters. The van der Waals surface area contributed by atoms with Gasteiger partial charge in [-0.15, -0.1) is 0 Å². The van der Waals surface area contributed by atoms with Crippen molar-refractivity contribution in [2.75, 3.05) is 21.3 Å². The predicted octanol–water partition coefficient (Wildman–Crippen LogP) is 1.64. The van der Waals surface area contributed by atoms with Crippen LogP contribution in [0.1, 0.15) is 26.7 Å². The van der Waals surface area contributed by atoms with Gasteiger partial charge in [0.05, 0.1) is 7.11 Å². The molecule has 0 radical (unpaired) electrons. The second-order valence-electron chi connectivity index (χ2n) is 2.81. The Labute approximate surface area is 69.2 Å². The monoisotopic (exact) mass is 161 g/mol. The van der Waals surface area contributed by atoms with Crippen molar-refractivity contribution in [1.29, 1.82) is 0 Å². The third kappa shape index (κ3) is 2.77. The van der Waals surface area contributed by atoms with Crippen LogP contribution in [0.15, 0.2) is 0 Å². The molecule has 0 bridgehead atoms. The van der Waals surface area contributed by atoms with Gasteiger partial charge >= 0.3 is 0 Å². The molecule has 0 amide bonds. The van der Waals surface area contributed by atoms with E-state index < -0.39 is 0 Å². The van der Waals surface area contributed by atoms with Gasteiger partial charge in [-0.25, -0.2) is 0 Å². The van der Waals surface area contributed by atoms with Crippen molar-refractivity contribution in [2.24, 2.45) is 0 Å². The van der Waals surface area contributed by atoms with E-state index >= 15 is 0 Å². The van der Waals surface area contributed by atoms with Gasteiger partial charge in [0, 0.05) is 14.2 Å². The summed E-state index contributed by atoms with van der Waals surface area (Å²) in [5, 5.41) is 1.73. The molecular weight excluding hydrogens is 142 g/mol. The smallest absolute Gasteiger partial charge is 0.140 e. The minimum absolute atomic E-state index is 0.288. The molecule has 0 N–H and O–H groups in total. The molecule has 0 saturated heterocycles. The summed E-state index contributed by atoms with van der Waals surface area (Å²) >= 11 is 0. The minimum Gasteiger partial charge on any atom is -0.362 e. The van der Waals surface area contributed by atoms with E-state index in [4.69, 9.17) is 9.57 Å². The maximum atomic E-state index is 5.33. The van der Waals surface area contributed by atoms with Gasteiger partial charge in [-0.2, -0.15) is 5.06 Å². The summed E-state index contributed by atoms with van der Waals surface area (Å²) in [6, 6.07) is 0. The summed E-state index contributed by atoms with van der Waals surface area (Å²) in [6.07, 6.45) is 2.05. The van der Waals surface area contributed by atoms with Crippen molar-refractivity contribution in [3.05, 3.63) is 0 Å². The van der Waals surface area contributed by atoms with Crippen molar-refractivity contribution < 1.29 is 9.57 Å². The molecule has 0 heterocycles. The molecule has 1 atom stereocenters. The van der Waals surface area contributed by atoms with Gasteiger partial charge in [-0.1, -0.05) is 13.3 Å². The second kappa shape index (κ2) is 4.70. The first-order valence-corrected chi connectivity index (χ1v) is 3.93. The molecule has 0 aliphatic rings. The molecule has 11 heavy (non-hydrogen) atoms. The number of ether oxygens (including phenoxy) is 1. The first-order valence-electron chi connectivity index (χ1n) is 3.93. The third-order valence-corrected chi connectivity index (χ3v) is 2.09. The number of methoxy groups -OCH3 is 1. The molecule has 0 aromatic heterocycles. The maximum absolute atomic E-state index is 5.33. The fraction of sp³-hybridized carbons (Fsp3) is 1.00. The van der Waals surface area contributed by atoms with Crippen LogP contribution in [-0.4, -0.2) is 32.1 Å². The SMILES string of the molecule is CCCC(C)(OC)N(C)OC. The third-order valence-electron chi connectivity index (χ3n) is 2.09. The summed E-state index contributed by atoms with van der Waals surface area (Å²) < 4.78 is 5.33. The lowest BCUT2D eigenvalue weighted by atomic mass is 10.1. The standard InChI is InChI=1S/C8H19NO2/c1-6-7-8(2,10-4)9(3)11-5/h6-7H2,1-5H3. The van der Waals surface area contributed by atoms with Crippen LogP contribution in [0, 0.1) is 0 Å². The van der Waals surface area contributed by atoms with E-state index in [9.17, 15) is 0 Å². The van der Waals surface area contributed by atoms with Crippen molar-refractivity contribution >= 4 is 0 Å². The Morgan fingerprint density at radius 2 is 1.91 bits per heavy atom. The van der Waals surface area contributed by atoms with E-state index in [-0.39, 0.29) is 5.72 Å². The van der Waals surface area contributed by atoms with Gasteiger partial charge in [0.25, 0.3) is 0 Å². The lowest BCUT2D eigenvalue weighted by molar-refractivity contribution is -0.270. The van der Waals surface area contributed by atoms with Gasteiger partial charge in [0.2, 0.25) is 0 Å². The first kappa shape index (κ1) is 10.9. The van der Waals surface area contributed by atoms with E-state index in [1.54, 1.807) is 19.3 Å². The maximum Gasteiger partial charge on any atom is 0.140 e. The van der Waals surface area contributed by atoms with Crippen LogP contribution in [0.2, 0.25) is 0 Å². The Morgan fingerprint density at radius 1 is 1.36 bits per heavy atom. The van der Waals surface area contributed by atoms with Crippen molar-refractivity contribution in [2.45, 2.75) is 32.4 Å². The quantitative estimate of drug-likeness (QED) is 0.452. The summed E-state index contributed by atoms with van der Waals surface area (Å²) in [4.78, 5) is 5.07. The minimum atomic E-state index is -0.288. The summed E-state index contributed by atoms with van der Waals surface area (Å²) in [6.45, 7) is 4.14. The van der Waals surface area contributed by atoms with Gasteiger partial charge < -0.3 is 4.74 Å². The van der Waals surface area contributed by atoms with E-state index in [0.717, 1.165) is 12.8 Å². The molecule has 0 saturated carbocycles. The molecule has 68 valence electrons. The zero-order chi connectivity index (χ0) is 8.91. The highest BCUT2D eigenvalue weighted by atomic mass is 16.7. The zero-order valence-corrected chi connectivity index (χ0v) is 8.18. The molecule has 0 aliphatic heterocycles. The van der Waals surface area contributed by atoms with Crippen LogP contribution in [-0.2, 0) is 9.57 Å². The summed E-state index contributed by atoms with van der Waals surface area (Å²) in [5.74, 6) is 0. The zero-order valence-electron chi connectivity index (χ0n) is 8.18. The average Bonchev–Trinajstić information content (AvgIpc) is 2.03. The van der Waals surface area contributed by atoms with E-state index in [0.29, 0.717) is 0 Å². The van der Waals surface area contributed by atoms with Gasteiger partial charge in [0.15, 0.2) is 0 Å². The Morgan fingerprint density at radius 3 is 2.18 bits per heavy atom. The average molecular weight is 161 g/mol. The van der Waals surface area contributed by atoms with Gasteiger partial charge in [0.1, 0.15) is 5.72 Å². The fourth-order valence-electron chi connectivity index (χ4n) is 1.05. The summed E-state index contributed by atoms with van der Waals surface area (Å²) in [5.41, 5.74) is -0.288. The highest BCUT2D eigenvalue weighted by Gasteiger charge is 2.27. The number of rotatable bonds is 5. The van der Waals surface area contributed by atoms with Crippen molar-refractivity contribution in [3.63, 3.8) is 0 Å². The summed E-state index contributed by atoms with van der Waals surface area (Å²) in [7, 11) is 5.22. The molecule has 0 rings (SSSR count). The first-order chi connectivity index (χ1) is 5.10. The Balaban J connectivity index is 4.07. The molecule has 0 fully saturated rings. The molecule has 3 nitrogen and oxygen atoms in total. The van der Waals surface area contributed by atoms with Gasteiger partial charge in [-0.3, -0.25) is 4.84 Å². The predicted molar refractivity (Wildman–Crippen MR) is 45.1 cm³/mol. The molecule has 0 aliphatic carbocycles. The topological polar surface area (TPSA) is 21.7 Å². The van der Waals surface area contributed by atoms with Crippen molar-refractivity contribution in [3.8, 4) is 0 Å². The molecule has 3 heteroatoms. The van der Waals surface area contributed by atoms with E-state index in [1.165, 1.54) is 0 Å². The lowest BCUT2D eigenvalue weighted by Crippen LogP contribution is -2.44. The van der Waals surface area contributed by atoms with E-state index in [2.05, 4.69) is 6.92 Å². The number of hydrogen-bond donors (Lipinski definition) is 0. The lowest BCUT2D eigenvalue weighted by Gasteiger charge is -2.35. The number of nitrogens with zero attached hydrogens (tertiary/aromatic N) is 1. The second-order valence-corrected chi connectivity index (χ2v) is 2.81. The highest BCUT2D eigenvalue weighted by molar-refractivity contribution is 4.67. The Bertz CT molecular complexity index is 108. The number of hydroxylamine groups is 2. The van der Waals surface area contributed by atoms with Crippen LogP contribution >= 0.6 is 0 Å². The van der Waals surface area contributed by atoms with Crippen LogP contribution in [0.4, 0.5) is 0 Å². The van der Waals surface area contributed by atoms with Crippen LogP contribution < -0.4 is 0 Å². The van der Waals surface area contributed by atoms with Gasteiger partial charge in [-0.05, 0) is 13.3 Å². The molecular formula is C8H19NO2. The normalized spacial score (nSPS) is 16.9. The van der Waals surface area contributed by atoms with Crippen molar-refractivity contribution in [1.82, 2.24) is 5.06 Å². The van der Waals surface area contributed by atoms with Crippen LogP contribution in [0.3, 0.4) is 0 Å². The van der Waals surface area contributed by atoms with Crippen LogP contribution in [0.5, 0.6) is 0 Å². The Hall–Kier alpha value is -0.120. The molecule has 0 aromatic carbocycles. The molecule has 0 spiro atoms. The fourth-order valence-corrected chi connectivity index (χ4v) is 1.05. The number of hydrogen-bond acceptors (Lipinski definition) is 3. The largest absolute Gasteiger partial charge is 0.362 e. The highest BCUT2D eigenvalue weighted by Crippen LogP contribution is 2.19. The Kier molecular flexibility index (Phi) is 4.65. The van der Waals surface area contributed by atoms with E-state index in [1.807, 2.05) is 14.0 Å². The molecule has 0 aromatic rings.